The summed E-state index contributed by atoms with van der Waals surface area (Å²) in [5, 5.41) is 4.46. The molecule has 5 nitrogen and oxygen atoms in total. The predicted octanol–water partition coefficient (Wildman–Crippen LogP) is 14.9. The lowest BCUT2D eigenvalue weighted by molar-refractivity contribution is 0.670. The van der Waals surface area contributed by atoms with Crippen molar-refractivity contribution in [2.75, 3.05) is 0 Å². The zero-order chi connectivity index (χ0) is 41.0. The van der Waals surface area contributed by atoms with Crippen molar-refractivity contribution < 1.29 is 4.42 Å². The van der Waals surface area contributed by atoms with E-state index in [0.717, 1.165) is 88.4 Å². The largest absolute Gasteiger partial charge is 0.455 e. The Bertz CT molecular complexity index is 3610. The summed E-state index contributed by atoms with van der Waals surface area (Å²) in [7, 11) is 0. The van der Waals surface area contributed by atoms with Gasteiger partial charge in [-0.15, -0.1) is 0 Å². The van der Waals surface area contributed by atoms with Crippen molar-refractivity contribution in [3.05, 3.63) is 218 Å². The Morgan fingerprint density at radius 3 is 1.58 bits per heavy atom. The van der Waals surface area contributed by atoms with Crippen LogP contribution in [0.4, 0.5) is 0 Å². The number of rotatable bonds is 7. The first kappa shape index (κ1) is 35.5. The average molecular weight is 793 g/mol. The summed E-state index contributed by atoms with van der Waals surface area (Å²) < 4.78 is 9.24. The maximum Gasteiger partial charge on any atom is 0.166 e. The number of aromatic nitrogens is 4. The van der Waals surface area contributed by atoms with Crippen LogP contribution in [0.3, 0.4) is 0 Å². The highest BCUT2D eigenvalue weighted by Gasteiger charge is 2.22. The van der Waals surface area contributed by atoms with Gasteiger partial charge >= 0.3 is 0 Å². The van der Waals surface area contributed by atoms with Crippen molar-refractivity contribution >= 4 is 43.7 Å². The number of para-hydroxylation sites is 3. The first-order valence-corrected chi connectivity index (χ1v) is 20.8. The van der Waals surface area contributed by atoms with Crippen LogP contribution in [0.1, 0.15) is 0 Å². The van der Waals surface area contributed by atoms with Crippen molar-refractivity contribution in [3.8, 4) is 73.2 Å². The maximum atomic E-state index is 6.91. The number of hydrogen-bond acceptors (Lipinski definition) is 4. The molecule has 0 saturated heterocycles. The Morgan fingerprint density at radius 1 is 0.306 bits per heavy atom. The number of benzene rings is 9. The molecule has 5 heteroatoms. The first-order valence-electron chi connectivity index (χ1n) is 20.8. The van der Waals surface area contributed by atoms with Gasteiger partial charge in [0.05, 0.1) is 16.7 Å². The number of furan rings is 1. The second-order valence-corrected chi connectivity index (χ2v) is 15.6. The molecular weight excluding hydrogens is 757 g/mol. The van der Waals surface area contributed by atoms with Crippen molar-refractivity contribution in [2.24, 2.45) is 0 Å². The van der Waals surface area contributed by atoms with Gasteiger partial charge in [-0.05, 0) is 58.1 Å². The lowest BCUT2D eigenvalue weighted by atomic mass is 9.97. The second-order valence-electron chi connectivity index (χ2n) is 15.6. The van der Waals surface area contributed by atoms with Crippen molar-refractivity contribution in [1.82, 2.24) is 19.5 Å². The summed E-state index contributed by atoms with van der Waals surface area (Å²) in [5.74, 6) is 1.82. The number of hydrogen-bond donors (Lipinski definition) is 0. The van der Waals surface area contributed by atoms with Crippen LogP contribution in [0.25, 0.3) is 117 Å². The normalized spacial score (nSPS) is 11.5. The Labute approximate surface area is 357 Å². The Hall–Kier alpha value is -8.41. The third kappa shape index (κ3) is 6.06. The fourth-order valence-corrected chi connectivity index (χ4v) is 8.89. The van der Waals surface area contributed by atoms with Gasteiger partial charge in [-0.2, -0.15) is 0 Å². The quantitative estimate of drug-likeness (QED) is 0.161. The van der Waals surface area contributed by atoms with E-state index in [4.69, 9.17) is 19.4 Å². The van der Waals surface area contributed by atoms with E-state index in [0.29, 0.717) is 17.5 Å². The van der Waals surface area contributed by atoms with Crippen LogP contribution < -0.4 is 0 Å². The van der Waals surface area contributed by atoms with Crippen LogP contribution in [0.5, 0.6) is 0 Å². The van der Waals surface area contributed by atoms with Crippen LogP contribution in [-0.2, 0) is 0 Å². The minimum absolute atomic E-state index is 0.592. The van der Waals surface area contributed by atoms with E-state index < -0.39 is 0 Å². The minimum Gasteiger partial charge on any atom is -0.455 e. The van der Waals surface area contributed by atoms with Crippen molar-refractivity contribution in [1.29, 1.82) is 0 Å². The van der Waals surface area contributed by atoms with Gasteiger partial charge in [0.25, 0.3) is 0 Å². The van der Waals surface area contributed by atoms with Crippen molar-refractivity contribution in [3.63, 3.8) is 0 Å². The Kier molecular flexibility index (Phi) is 8.42. The van der Waals surface area contributed by atoms with Gasteiger partial charge < -0.3 is 8.98 Å². The molecule has 3 heterocycles. The smallest absolute Gasteiger partial charge is 0.166 e. The Morgan fingerprint density at radius 2 is 0.823 bits per heavy atom. The molecule has 0 atom stereocenters. The van der Waals surface area contributed by atoms with Crippen LogP contribution in [0.15, 0.2) is 223 Å². The monoisotopic (exact) mass is 792 g/mol. The third-order valence-electron chi connectivity index (χ3n) is 11.9. The van der Waals surface area contributed by atoms with Crippen molar-refractivity contribution in [2.45, 2.75) is 0 Å². The van der Waals surface area contributed by atoms with Gasteiger partial charge in [-0.1, -0.05) is 182 Å². The molecule has 290 valence electrons. The highest BCUT2D eigenvalue weighted by atomic mass is 16.3. The summed E-state index contributed by atoms with van der Waals surface area (Å²) in [5.41, 5.74) is 14.3. The van der Waals surface area contributed by atoms with E-state index in [1.165, 1.54) is 11.1 Å². The lowest BCUT2D eigenvalue weighted by Crippen LogP contribution is -2.03. The van der Waals surface area contributed by atoms with E-state index in [9.17, 15) is 0 Å². The standard InChI is InChI=1S/C57H36N4O/c1-4-16-37(17-5-1)39-30-32-41(33-31-39)56-58-55(40-20-8-3-9-21-40)59-57(60-56)47-25-11-13-29-51(47)61-50-28-12-10-24-45(50)48-35-49-46-27-15-26-44(54(46)62-53(49)36-52(48)61)43-23-14-22-42(34-43)38-18-6-2-7-19-38/h1-36H. The Balaban J connectivity index is 1.04. The molecule has 0 unspecified atom stereocenters. The number of fused-ring (bicyclic) bond motifs is 6. The molecule has 12 rings (SSSR count). The molecule has 0 amide bonds. The zero-order valence-electron chi connectivity index (χ0n) is 33.5. The fraction of sp³-hybridized carbons (Fsp3) is 0. The van der Waals surface area contributed by atoms with Gasteiger partial charge in [0, 0.05) is 49.9 Å². The van der Waals surface area contributed by atoms with E-state index in [1.807, 2.05) is 36.4 Å². The molecule has 9 aromatic carbocycles. The molecule has 3 aromatic heterocycles. The summed E-state index contributed by atoms with van der Waals surface area (Å²) >= 11 is 0. The molecule has 0 radical (unpaired) electrons. The van der Waals surface area contributed by atoms with Crippen LogP contribution in [-0.4, -0.2) is 19.5 Å². The predicted molar refractivity (Wildman–Crippen MR) is 254 cm³/mol. The molecule has 0 saturated carbocycles. The summed E-state index contributed by atoms with van der Waals surface area (Å²) in [4.78, 5) is 15.5. The molecular formula is C57H36N4O. The molecule has 0 spiro atoms. The van der Waals surface area contributed by atoms with Gasteiger partial charge in [0.1, 0.15) is 11.2 Å². The van der Waals surface area contributed by atoms with E-state index in [2.05, 4.69) is 187 Å². The van der Waals surface area contributed by atoms with Gasteiger partial charge in [-0.3, -0.25) is 0 Å². The van der Waals surface area contributed by atoms with Gasteiger partial charge in [-0.25, -0.2) is 15.0 Å². The second kappa shape index (κ2) is 14.7. The molecule has 0 aliphatic carbocycles. The molecule has 12 aromatic rings. The summed E-state index contributed by atoms with van der Waals surface area (Å²) in [6.45, 7) is 0. The SMILES string of the molecule is c1ccc(-c2ccc(-c3nc(-c4ccccc4)nc(-c4ccccc4-n4c5ccccc5c5cc6c(cc54)oc4c(-c5cccc(-c7ccccc7)c5)cccc46)n3)cc2)cc1. The first-order chi connectivity index (χ1) is 30.7. The molecule has 0 N–H and O–H groups in total. The highest BCUT2D eigenvalue weighted by molar-refractivity contribution is 6.19. The van der Waals surface area contributed by atoms with E-state index in [1.54, 1.807) is 0 Å². The summed E-state index contributed by atoms with van der Waals surface area (Å²) in [6.07, 6.45) is 0. The topological polar surface area (TPSA) is 56.7 Å². The van der Waals surface area contributed by atoms with E-state index >= 15 is 0 Å². The third-order valence-corrected chi connectivity index (χ3v) is 11.9. The minimum atomic E-state index is 0.592. The highest BCUT2D eigenvalue weighted by Crippen LogP contribution is 2.42. The van der Waals surface area contributed by atoms with Crippen LogP contribution in [0.2, 0.25) is 0 Å². The molecule has 0 fully saturated rings. The summed E-state index contributed by atoms with van der Waals surface area (Å²) in [6, 6.07) is 76.2. The number of nitrogens with zero attached hydrogens (tertiary/aromatic N) is 4. The fourth-order valence-electron chi connectivity index (χ4n) is 8.89. The van der Waals surface area contributed by atoms with Gasteiger partial charge in [0.15, 0.2) is 17.5 Å². The van der Waals surface area contributed by atoms with Crippen LogP contribution >= 0.6 is 0 Å². The molecule has 0 aliphatic heterocycles. The van der Waals surface area contributed by atoms with Gasteiger partial charge in [0.2, 0.25) is 0 Å². The zero-order valence-corrected chi connectivity index (χ0v) is 33.5. The lowest BCUT2D eigenvalue weighted by Gasteiger charge is -2.14. The molecule has 62 heavy (non-hydrogen) atoms. The molecule has 0 aliphatic rings. The van der Waals surface area contributed by atoms with E-state index in [-0.39, 0.29) is 0 Å². The average Bonchev–Trinajstić information content (AvgIpc) is 3.88. The van der Waals surface area contributed by atoms with Crippen LogP contribution in [0, 0.1) is 0 Å². The maximum absolute atomic E-state index is 6.91. The molecule has 0 bridgehead atoms.